The Bertz CT molecular complexity index is 505. The molecule has 24 heavy (non-hydrogen) atoms. The van der Waals surface area contributed by atoms with Crippen LogP contribution in [0.5, 0.6) is 0 Å². The first-order valence-electron chi connectivity index (χ1n) is 8.54. The summed E-state index contributed by atoms with van der Waals surface area (Å²) in [5, 5.41) is 14.3. The van der Waals surface area contributed by atoms with Gasteiger partial charge in [0.25, 0.3) is 0 Å². The molecule has 0 unspecified atom stereocenters. The van der Waals surface area contributed by atoms with Crippen molar-refractivity contribution in [1.82, 2.24) is 9.97 Å². The maximum Gasteiger partial charge on any atom is 0.192 e. The van der Waals surface area contributed by atoms with Gasteiger partial charge in [0, 0.05) is 6.20 Å². The Morgan fingerprint density at radius 2 is 2.04 bits per heavy atom. The second kappa shape index (κ2) is 7.93. The number of nitrogens with zero attached hydrogens (tertiary/aromatic N) is 2. The highest BCUT2D eigenvalue weighted by atomic mass is 28.4. The van der Waals surface area contributed by atoms with Gasteiger partial charge in [-0.1, -0.05) is 41.5 Å². The first kappa shape index (κ1) is 21.1. The fraction of sp³-hybridized carbons (Fsp3) is 0.778. The van der Waals surface area contributed by atoms with Gasteiger partial charge in [-0.3, -0.25) is 0 Å². The van der Waals surface area contributed by atoms with E-state index in [0.717, 1.165) is 18.7 Å². The zero-order valence-electron chi connectivity index (χ0n) is 15.2. The Hall–Kier alpha value is -0.983. The van der Waals surface area contributed by atoms with Crippen LogP contribution in [0.4, 0.5) is 5.82 Å². The van der Waals surface area contributed by atoms with Crippen molar-refractivity contribution in [1.29, 1.82) is 0 Å². The summed E-state index contributed by atoms with van der Waals surface area (Å²) in [6.45, 7) is 13.3. The first-order chi connectivity index (χ1) is 10.7. The summed E-state index contributed by atoms with van der Waals surface area (Å²) in [5.41, 5.74) is 0. The largest absolute Gasteiger partial charge is 0.409 e. The minimum absolute atomic E-state index is 0. The molecular weight excluding hydrogens is 318 g/mol. The molecule has 0 aromatic carbocycles. The van der Waals surface area contributed by atoms with Crippen molar-refractivity contribution >= 4 is 14.1 Å². The van der Waals surface area contributed by atoms with Crippen LogP contribution in [0.15, 0.2) is 18.6 Å². The predicted molar refractivity (Wildman–Crippen MR) is 103 cm³/mol. The Kier molecular flexibility index (Phi) is 6.96. The van der Waals surface area contributed by atoms with Crippen LogP contribution >= 0.6 is 0 Å². The lowest BCUT2D eigenvalue weighted by atomic mass is 10.0. The Labute approximate surface area is 148 Å². The number of rotatable bonds is 5. The van der Waals surface area contributed by atoms with Gasteiger partial charge in [-0.25, -0.2) is 9.97 Å². The molecule has 0 radical (unpaired) electrons. The number of hydrogen-bond acceptors (Lipinski definition) is 5. The lowest BCUT2D eigenvalue weighted by Gasteiger charge is -2.40. The summed E-state index contributed by atoms with van der Waals surface area (Å²) in [6, 6.07) is 1.94. The van der Waals surface area contributed by atoms with Gasteiger partial charge in [-0.2, -0.15) is 0 Å². The molecule has 1 aromatic rings. The molecule has 1 saturated carbocycles. The van der Waals surface area contributed by atoms with E-state index in [9.17, 15) is 5.11 Å². The minimum atomic E-state index is -1.95. The molecule has 5 nitrogen and oxygen atoms in total. The smallest absolute Gasteiger partial charge is 0.192 e. The van der Waals surface area contributed by atoms with Crippen LogP contribution in [0.25, 0.3) is 0 Å². The van der Waals surface area contributed by atoms with Gasteiger partial charge in [0.2, 0.25) is 0 Å². The molecule has 138 valence electrons. The topological polar surface area (TPSA) is 67.3 Å². The van der Waals surface area contributed by atoms with E-state index in [1.165, 1.54) is 6.33 Å². The number of aliphatic hydroxyl groups excluding tert-OH is 1. The number of aliphatic hydroxyl groups is 1. The van der Waals surface area contributed by atoms with Crippen LogP contribution in [0, 0.1) is 5.92 Å². The Morgan fingerprint density at radius 3 is 2.54 bits per heavy atom. The monoisotopic (exact) mass is 353 g/mol. The molecular formula is C18H35N3O2Si. The van der Waals surface area contributed by atoms with Gasteiger partial charge in [-0.05, 0) is 36.5 Å². The SMILES string of the molecule is C.CC[C@H]1C[C@@H](Nc2ccncn2)[C@H](O[Si](C)(C)C(C)(C)C)[C@@H]1O. The lowest BCUT2D eigenvalue weighted by molar-refractivity contribution is 0.0236. The van der Waals surface area contributed by atoms with Crippen LogP contribution in [-0.2, 0) is 4.43 Å². The molecule has 2 rings (SSSR count). The van der Waals surface area contributed by atoms with E-state index in [1.54, 1.807) is 6.20 Å². The van der Waals surface area contributed by atoms with E-state index in [0.29, 0.717) is 0 Å². The van der Waals surface area contributed by atoms with E-state index in [2.05, 4.69) is 56.1 Å². The highest BCUT2D eigenvalue weighted by molar-refractivity contribution is 6.74. The molecule has 0 bridgehead atoms. The second-order valence-electron chi connectivity index (χ2n) is 8.08. The van der Waals surface area contributed by atoms with Crippen LogP contribution < -0.4 is 5.32 Å². The predicted octanol–water partition coefficient (Wildman–Crippen LogP) is 4.07. The lowest BCUT2D eigenvalue weighted by Crippen LogP contribution is -2.50. The Balaban J connectivity index is 0.00000288. The summed E-state index contributed by atoms with van der Waals surface area (Å²) < 4.78 is 6.58. The molecule has 0 aliphatic heterocycles. The van der Waals surface area contributed by atoms with Gasteiger partial charge in [0.05, 0.1) is 18.2 Å². The molecule has 1 fully saturated rings. The summed E-state index contributed by atoms with van der Waals surface area (Å²) in [5.74, 6) is 1.06. The van der Waals surface area contributed by atoms with Crippen molar-refractivity contribution < 1.29 is 9.53 Å². The van der Waals surface area contributed by atoms with Crippen molar-refractivity contribution in [2.24, 2.45) is 5.92 Å². The van der Waals surface area contributed by atoms with Gasteiger partial charge >= 0.3 is 0 Å². The van der Waals surface area contributed by atoms with Crippen LogP contribution in [0.3, 0.4) is 0 Å². The molecule has 1 aromatic heterocycles. The van der Waals surface area contributed by atoms with Crippen LogP contribution in [0.2, 0.25) is 18.1 Å². The molecule has 1 heterocycles. The molecule has 1 aliphatic carbocycles. The molecule has 6 heteroatoms. The zero-order valence-corrected chi connectivity index (χ0v) is 16.2. The zero-order chi connectivity index (χ0) is 17.3. The molecule has 0 spiro atoms. The summed E-state index contributed by atoms with van der Waals surface area (Å²) >= 11 is 0. The van der Waals surface area contributed by atoms with Gasteiger partial charge < -0.3 is 14.8 Å². The summed E-state index contributed by atoms with van der Waals surface area (Å²) in [4.78, 5) is 8.20. The summed E-state index contributed by atoms with van der Waals surface area (Å²) in [6.07, 6.45) is 4.52. The molecule has 0 saturated heterocycles. The summed E-state index contributed by atoms with van der Waals surface area (Å²) in [7, 11) is -1.95. The van der Waals surface area contributed by atoms with Crippen molar-refractivity contribution in [3.8, 4) is 0 Å². The number of aromatic nitrogens is 2. The quantitative estimate of drug-likeness (QED) is 0.781. The maximum absolute atomic E-state index is 10.8. The first-order valence-corrected chi connectivity index (χ1v) is 11.4. The van der Waals surface area contributed by atoms with E-state index in [1.807, 2.05) is 6.07 Å². The van der Waals surface area contributed by atoms with Gasteiger partial charge in [-0.15, -0.1) is 0 Å². The van der Waals surface area contributed by atoms with E-state index in [4.69, 9.17) is 4.43 Å². The van der Waals surface area contributed by atoms with Crippen molar-refractivity contribution in [2.45, 2.75) is 84.3 Å². The third-order valence-corrected chi connectivity index (χ3v) is 9.92. The van der Waals surface area contributed by atoms with E-state index >= 15 is 0 Å². The van der Waals surface area contributed by atoms with Crippen molar-refractivity contribution in [3.63, 3.8) is 0 Å². The highest BCUT2D eigenvalue weighted by Crippen LogP contribution is 2.41. The Morgan fingerprint density at radius 1 is 1.38 bits per heavy atom. The maximum atomic E-state index is 10.8. The average Bonchev–Trinajstić information content (AvgIpc) is 2.75. The average molecular weight is 354 g/mol. The minimum Gasteiger partial charge on any atom is -0.409 e. The van der Waals surface area contributed by atoms with Crippen LogP contribution in [-0.4, -0.2) is 41.6 Å². The van der Waals surface area contributed by atoms with E-state index in [-0.39, 0.29) is 30.5 Å². The molecule has 2 N–H and O–H groups in total. The highest BCUT2D eigenvalue weighted by Gasteiger charge is 2.48. The third-order valence-electron chi connectivity index (χ3n) is 5.45. The third kappa shape index (κ3) is 4.55. The van der Waals surface area contributed by atoms with Crippen molar-refractivity contribution in [3.05, 3.63) is 18.6 Å². The molecule has 4 atom stereocenters. The fourth-order valence-corrected chi connectivity index (χ4v) is 4.23. The molecule has 1 aliphatic rings. The molecule has 0 amide bonds. The van der Waals surface area contributed by atoms with Gasteiger partial charge in [0.15, 0.2) is 8.32 Å². The number of anilines is 1. The van der Waals surface area contributed by atoms with E-state index < -0.39 is 14.4 Å². The van der Waals surface area contributed by atoms with Gasteiger partial charge in [0.1, 0.15) is 12.1 Å². The second-order valence-corrected chi connectivity index (χ2v) is 12.8. The normalized spacial score (nSPS) is 27.6. The number of hydrogen-bond donors (Lipinski definition) is 2. The fourth-order valence-electron chi connectivity index (χ4n) is 2.89. The van der Waals surface area contributed by atoms with Crippen LogP contribution in [0.1, 0.15) is 48.0 Å². The van der Waals surface area contributed by atoms with Crippen molar-refractivity contribution in [2.75, 3.05) is 5.32 Å². The standard InChI is InChI=1S/C17H31N3O2Si.CH4/c1-7-12-10-13(20-14-8-9-18-11-19-14)16(15(12)21)22-23(5,6)17(2,3)4;/h8-9,11-13,15-16,21H,7,10H2,1-6H3,(H,18,19,20);1H4/t12-,13+,15+,16-;/m0./s1. The number of nitrogens with one attached hydrogen (secondary N) is 1.